The number of aromatic amines is 1. The molecular weight excluding hydrogens is 349 g/mol. The Labute approximate surface area is 158 Å². The van der Waals surface area contributed by atoms with Crippen LogP contribution in [-0.2, 0) is 16.0 Å². The van der Waals surface area contributed by atoms with Crippen molar-refractivity contribution in [1.29, 1.82) is 0 Å². The lowest BCUT2D eigenvalue weighted by Gasteiger charge is -2.17. The smallest absolute Gasteiger partial charge is 0.251 e. The molecule has 0 spiro atoms. The van der Waals surface area contributed by atoms with Gasteiger partial charge in [0.15, 0.2) is 0 Å². The van der Waals surface area contributed by atoms with Gasteiger partial charge in [0.05, 0.1) is 18.7 Å². The number of nitrogens with one attached hydrogen (secondary N) is 2. The quantitative estimate of drug-likeness (QED) is 0.588. The van der Waals surface area contributed by atoms with Crippen molar-refractivity contribution < 1.29 is 13.9 Å². The first-order valence-electron chi connectivity index (χ1n) is 9.41. The molecule has 1 aromatic heterocycles. The fourth-order valence-electron chi connectivity index (χ4n) is 2.84. The molecule has 148 valence electrons. The van der Waals surface area contributed by atoms with Crippen molar-refractivity contribution in [3.05, 3.63) is 46.0 Å². The van der Waals surface area contributed by atoms with Gasteiger partial charge in [-0.1, -0.05) is 13.8 Å². The third kappa shape index (κ3) is 6.77. The largest absolute Gasteiger partial charge is 0.378 e. The second kappa shape index (κ2) is 10.8. The second-order valence-electron chi connectivity index (χ2n) is 6.34. The highest BCUT2D eigenvalue weighted by Crippen LogP contribution is 2.13. The Morgan fingerprint density at radius 3 is 2.74 bits per heavy atom. The van der Waals surface area contributed by atoms with E-state index in [-0.39, 0.29) is 17.9 Å². The number of H-pyrrole nitrogens is 1. The first-order chi connectivity index (χ1) is 13.0. The Hall–Kier alpha value is -2.25. The van der Waals surface area contributed by atoms with Crippen molar-refractivity contribution in [3.8, 4) is 0 Å². The Balaban J connectivity index is 1.71. The van der Waals surface area contributed by atoms with Crippen molar-refractivity contribution in [2.45, 2.75) is 26.7 Å². The molecule has 0 fully saturated rings. The number of aromatic nitrogens is 1. The predicted octanol–water partition coefficient (Wildman–Crippen LogP) is 2.07. The maximum Gasteiger partial charge on any atom is 0.251 e. The molecule has 0 radical (unpaired) electrons. The number of hydrogen-bond donors (Lipinski definition) is 2. The second-order valence-corrected chi connectivity index (χ2v) is 6.34. The molecule has 2 aromatic rings. The van der Waals surface area contributed by atoms with Gasteiger partial charge in [0, 0.05) is 25.1 Å². The highest BCUT2D eigenvalue weighted by atomic mass is 19.1. The van der Waals surface area contributed by atoms with Gasteiger partial charge >= 0.3 is 0 Å². The Bertz CT molecular complexity index is 803. The molecule has 27 heavy (non-hydrogen) atoms. The van der Waals surface area contributed by atoms with Gasteiger partial charge in [0.2, 0.25) is 5.91 Å². The van der Waals surface area contributed by atoms with Crippen LogP contribution in [0.4, 0.5) is 4.39 Å². The van der Waals surface area contributed by atoms with Crippen LogP contribution in [0.5, 0.6) is 0 Å². The molecule has 0 unspecified atom stereocenters. The number of amides is 1. The van der Waals surface area contributed by atoms with E-state index in [1.165, 1.54) is 12.1 Å². The molecule has 2 N–H and O–H groups in total. The summed E-state index contributed by atoms with van der Waals surface area (Å²) < 4.78 is 18.7. The van der Waals surface area contributed by atoms with Crippen molar-refractivity contribution in [1.82, 2.24) is 15.2 Å². The van der Waals surface area contributed by atoms with Gasteiger partial charge in [-0.15, -0.1) is 0 Å². The highest BCUT2D eigenvalue weighted by Gasteiger charge is 2.07. The normalized spacial score (nSPS) is 11.3. The van der Waals surface area contributed by atoms with Gasteiger partial charge in [-0.3, -0.25) is 9.59 Å². The SMILES string of the molecule is CCN(CC)CCOCCNC(=O)CCc1cc2ccc(F)cc2[nH]c1=O. The van der Waals surface area contributed by atoms with E-state index in [1.54, 1.807) is 12.1 Å². The molecule has 1 aromatic carbocycles. The minimum Gasteiger partial charge on any atom is -0.378 e. The Morgan fingerprint density at radius 2 is 2.00 bits per heavy atom. The molecule has 7 heteroatoms. The summed E-state index contributed by atoms with van der Waals surface area (Å²) in [6.07, 6.45) is 0.548. The summed E-state index contributed by atoms with van der Waals surface area (Å²) in [4.78, 5) is 28.9. The monoisotopic (exact) mass is 377 g/mol. The molecule has 0 aliphatic heterocycles. The third-order valence-corrected chi connectivity index (χ3v) is 4.52. The molecule has 0 saturated heterocycles. The van der Waals surface area contributed by atoms with Crippen molar-refractivity contribution >= 4 is 16.8 Å². The molecule has 2 rings (SSSR count). The number of nitrogens with zero attached hydrogens (tertiary/aromatic N) is 1. The van der Waals surface area contributed by atoms with E-state index in [4.69, 9.17) is 4.74 Å². The van der Waals surface area contributed by atoms with E-state index in [1.807, 2.05) is 0 Å². The van der Waals surface area contributed by atoms with Gasteiger partial charge in [0.25, 0.3) is 5.56 Å². The zero-order valence-corrected chi connectivity index (χ0v) is 16.0. The fraction of sp³-hybridized carbons (Fsp3) is 0.500. The average molecular weight is 377 g/mol. The lowest BCUT2D eigenvalue weighted by molar-refractivity contribution is -0.121. The van der Waals surface area contributed by atoms with E-state index in [0.717, 1.165) is 25.0 Å². The number of likely N-dealkylation sites (N-methyl/N-ethyl adjacent to an activating group) is 1. The molecule has 1 heterocycles. The number of pyridine rings is 1. The lowest BCUT2D eigenvalue weighted by atomic mass is 10.1. The van der Waals surface area contributed by atoms with E-state index in [2.05, 4.69) is 29.0 Å². The molecule has 0 saturated carbocycles. The van der Waals surface area contributed by atoms with E-state index >= 15 is 0 Å². The molecule has 0 atom stereocenters. The minimum atomic E-state index is -0.399. The van der Waals surface area contributed by atoms with E-state index < -0.39 is 5.82 Å². The maximum atomic E-state index is 13.2. The van der Waals surface area contributed by atoms with Gasteiger partial charge in [-0.05, 0) is 49.2 Å². The van der Waals surface area contributed by atoms with Gasteiger partial charge in [0.1, 0.15) is 5.82 Å². The first kappa shape index (κ1) is 21.1. The molecule has 1 amide bonds. The van der Waals surface area contributed by atoms with Crippen LogP contribution in [0.25, 0.3) is 10.9 Å². The fourth-order valence-corrected chi connectivity index (χ4v) is 2.84. The summed E-state index contributed by atoms with van der Waals surface area (Å²) in [6.45, 7) is 8.67. The standard InChI is InChI=1S/C20H28FN3O3/c1-3-24(4-2)10-12-27-11-9-22-19(25)8-6-16-13-15-5-7-17(21)14-18(15)23-20(16)26/h5,7,13-14H,3-4,6,8-12H2,1-2H3,(H,22,25)(H,23,26). The number of fused-ring (bicyclic) bond motifs is 1. The van der Waals surface area contributed by atoms with Gasteiger partial charge in [-0.25, -0.2) is 4.39 Å². The lowest BCUT2D eigenvalue weighted by Crippen LogP contribution is -2.30. The molecule has 0 aliphatic rings. The van der Waals surface area contributed by atoms with Crippen LogP contribution >= 0.6 is 0 Å². The van der Waals surface area contributed by atoms with Crippen molar-refractivity contribution in [3.63, 3.8) is 0 Å². The number of halogens is 1. The number of carbonyl (C=O) groups excluding carboxylic acids is 1. The summed E-state index contributed by atoms with van der Waals surface area (Å²) >= 11 is 0. The molecule has 0 bridgehead atoms. The highest BCUT2D eigenvalue weighted by molar-refractivity contribution is 5.79. The van der Waals surface area contributed by atoms with Crippen molar-refractivity contribution in [2.24, 2.45) is 0 Å². The summed E-state index contributed by atoms with van der Waals surface area (Å²) in [6, 6.07) is 5.95. The van der Waals surface area contributed by atoms with E-state index in [9.17, 15) is 14.0 Å². The topological polar surface area (TPSA) is 74.4 Å². The number of aryl methyl sites for hydroxylation is 1. The number of benzene rings is 1. The Kier molecular flexibility index (Phi) is 8.42. The van der Waals surface area contributed by atoms with Crippen LogP contribution in [0.15, 0.2) is 29.1 Å². The number of carbonyl (C=O) groups is 1. The zero-order valence-electron chi connectivity index (χ0n) is 16.0. The molecule has 6 nitrogen and oxygen atoms in total. The van der Waals surface area contributed by atoms with Crippen LogP contribution in [-0.4, -0.2) is 55.2 Å². The summed E-state index contributed by atoms with van der Waals surface area (Å²) in [5, 5.41) is 3.54. The number of rotatable bonds is 11. The average Bonchev–Trinajstić information content (AvgIpc) is 2.66. The van der Waals surface area contributed by atoms with Crippen LogP contribution in [0, 0.1) is 5.82 Å². The summed E-state index contributed by atoms with van der Waals surface area (Å²) in [5.41, 5.74) is 0.676. The molecule has 0 aliphatic carbocycles. The number of hydrogen-bond acceptors (Lipinski definition) is 4. The van der Waals surface area contributed by atoms with Crippen LogP contribution in [0.2, 0.25) is 0 Å². The van der Waals surface area contributed by atoms with Crippen LogP contribution in [0.3, 0.4) is 0 Å². The number of ether oxygens (including phenoxy) is 1. The van der Waals surface area contributed by atoms with Crippen LogP contribution in [0.1, 0.15) is 25.8 Å². The zero-order chi connectivity index (χ0) is 19.6. The van der Waals surface area contributed by atoms with Crippen LogP contribution < -0.4 is 10.9 Å². The maximum absolute atomic E-state index is 13.2. The predicted molar refractivity (Wildman–Crippen MR) is 104 cm³/mol. The molecular formula is C20H28FN3O3. The van der Waals surface area contributed by atoms with E-state index in [0.29, 0.717) is 37.3 Å². The van der Waals surface area contributed by atoms with Crippen molar-refractivity contribution in [2.75, 3.05) is 39.4 Å². The minimum absolute atomic E-state index is 0.124. The first-order valence-corrected chi connectivity index (χ1v) is 9.41. The third-order valence-electron chi connectivity index (χ3n) is 4.52. The van der Waals surface area contributed by atoms with Gasteiger partial charge in [-0.2, -0.15) is 0 Å². The summed E-state index contributed by atoms with van der Waals surface area (Å²) in [7, 11) is 0. The Morgan fingerprint density at radius 1 is 1.22 bits per heavy atom. The van der Waals surface area contributed by atoms with Gasteiger partial charge < -0.3 is 19.9 Å². The summed E-state index contributed by atoms with van der Waals surface area (Å²) in [5.74, 6) is -0.523.